The van der Waals surface area contributed by atoms with Gasteiger partial charge in [0.2, 0.25) is 5.91 Å². The number of esters is 1. The van der Waals surface area contributed by atoms with Crippen molar-refractivity contribution < 1.29 is 14.3 Å². The molecule has 1 N–H and O–H groups in total. The topological polar surface area (TPSA) is 71.0 Å². The molecule has 1 aliphatic carbocycles. The highest BCUT2D eigenvalue weighted by Crippen LogP contribution is 2.36. The molecule has 4 rings (SSSR count). The molecule has 0 radical (unpaired) electrons. The highest BCUT2D eigenvalue weighted by molar-refractivity contribution is 5.95. The molecule has 6 nitrogen and oxygen atoms in total. The number of hydrogen-bond acceptors (Lipinski definition) is 5. The van der Waals surface area contributed by atoms with Crippen molar-refractivity contribution in [2.45, 2.75) is 72.1 Å². The smallest absolute Gasteiger partial charge is 0.315 e. The van der Waals surface area contributed by atoms with E-state index in [-0.39, 0.29) is 13.0 Å². The molecule has 6 heteroatoms. The molecule has 0 atom stereocenters. The van der Waals surface area contributed by atoms with Crippen LogP contribution in [0.15, 0.2) is 95.0 Å². The molecule has 1 heterocycles. The van der Waals surface area contributed by atoms with Gasteiger partial charge in [-0.3, -0.25) is 9.59 Å². The highest BCUT2D eigenvalue weighted by atomic mass is 16.5. The fourth-order valence-electron chi connectivity index (χ4n) is 5.34. The van der Waals surface area contributed by atoms with Crippen molar-refractivity contribution in [3.8, 4) is 0 Å². The molecular formula is C35H45N3O3. The molecule has 1 amide bonds. The third kappa shape index (κ3) is 9.89. The number of amides is 1. The summed E-state index contributed by atoms with van der Waals surface area (Å²) in [6.45, 7) is 9.96. The Hall–Kier alpha value is -3.93. The Kier molecular flexibility index (Phi) is 12.6. The molecule has 1 fully saturated rings. The van der Waals surface area contributed by atoms with Crippen LogP contribution in [0.3, 0.4) is 0 Å². The normalized spacial score (nSPS) is 16.4. The molecular weight excluding hydrogens is 510 g/mol. The Labute approximate surface area is 245 Å². The van der Waals surface area contributed by atoms with Crippen LogP contribution in [0.5, 0.6) is 0 Å². The van der Waals surface area contributed by atoms with Gasteiger partial charge in [-0.2, -0.15) is 0 Å². The lowest BCUT2D eigenvalue weighted by molar-refractivity contribution is -0.145. The SMILES string of the molecule is C=C/C(NC(=O)CC(=O)OCC)=C1/N=CC(C)=C(C2CCCCC2)N1C.Cc1ccc(CCc2ccccc2)cc1. The van der Waals surface area contributed by atoms with Crippen LogP contribution < -0.4 is 5.32 Å². The maximum absolute atomic E-state index is 12.1. The van der Waals surface area contributed by atoms with E-state index in [1.807, 2.05) is 18.2 Å². The van der Waals surface area contributed by atoms with E-state index in [1.165, 1.54) is 54.5 Å². The zero-order valence-electron chi connectivity index (χ0n) is 25.1. The summed E-state index contributed by atoms with van der Waals surface area (Å²) in [5.74, 6) is 0.178. The fraction of sp³-hybridized carbons (Fsp3) is 0.400. The van der Waals surface area contributed by atoms with Gasteiger partial charge in [-0.15, -0.1) is 0 Å². The van der Waals surface area contributed by atoms with E-state index < -0.39 is 11.9 Å². The summed E-state index contributed by atoms with van der Waals surface area (Å²) >= 11 is 0. The fourth-order valence-corrected chi connectivity index (χ4v) is 5.34. The van der Waals surface area contributed by atoms with Crippen molar-refractivity contribution in [3.05, 3.63) is 107 Å². The van der Waals surface area contributed by atoms with Crippen LogP contribution in [0.1, 0.15) is 69.1 Å². The molecule has 0 unspecified atom stereocenters. The summed E-state index contributed by atoms with van der Waals surface area (Å²) in [6, 6.07) is 19.4. The summed E-state index contributed by atoms with van der Waals surface area (Å²) in [4.78, 5) is 30.2. The average Bonchev–Trinajstić information content (AvgIpc) is 2.97. The van der Waals surface area contributed by atoms with Gasteiger partial charge < -0.3 is 15.0 Å². The summed E-state index contributed by atoms with van der Waals surface area (Å²) in [7, 11) is 1.97. The van der Waals surface area contributed by atoms with E-state index >= 15 is 0 Å². The van der Waals surface area contributed by atoms with Gasteiger partial charge in [-0.1, -0.05) is 86.0 Å². The highest BCUT2D eigenvalue weighted by Gasteiger charge is 2.27. The molecule has 218 valence electrons. The number of rotatable bonds is 9. The maximum Gasteiger partial charge on any atom is 0.315 e. The number of benzene rings is 2. The number of allylic oxidation sites excluding steroid dienone is 3. The number of ether oxygens (including phenoxy) is 1. The van der Waals surface area contributed by atoms with Gasteiger partial charge in [0.25, 0.3) is 0 Å². The predicted molar refractivity (Wildman–Crippen MR) is 167 cm³/mol. The molecule has 1 aliphatic heterocycles. The van der Waals surface area contributed by atoms with Gasteiger partial charge in [0.05, 0.1) is 12.3 Å². The van der Waals surface area contributed by atoms with Gasteiger partial charge >= 0.3 is 5.97 Å². The number of hydrogen-bond donors (Lipinski definition) is 1. The van der Waals surface area contributed by atoms with Crippen LogP contribution >= 0.6 is 0 Å². The van der Waals surface area contributed by atoms with Crippen LogP contribution in [0.25, 0.3) is 0 Å². The van der Waals surface area contributed by atoms with Crippen molar-refractivity contribution >= 4 is 18.1 Å². The van der Waals surface area contributed by atoms with Gasteiger partial charge in [0, 0.05) is 19.0 Å². The van der Waals surface area contributed by atoms with Crippen LogP contribution in [0.4, 0.5) is 0 Å². The number of nitrogens with one attached hydrogen (secondary N) is 1. The summed E-state index contributed by atoms with van der Waals surface area (Å²) < 4.78 is 4.82. The van der Waals surface area contributed by atoms with E-state index in [0.717, 1.165) is 18.4 Å². The summed E-state index contributed by atoms with van der Waals surface area (Å²) in [5, 5.41) is 2.74. The molecule has 0 aromatic heterocycles. The molecule has 2 aromatic carbocycles. The minimum Gasteiger partial charge on any atom is -0.466 e. The van der Waals surface area contributed by atoms with Crippen LogP contribution in [-0.2, 0) is 27.2 Å². The Balaban J connectivity index is 0.000000260. The monoisotopic (exact) mass is 555 g/mol. The molecule has 0 spiro atoms. The number of carbonyl (C=O) groups excluding carboxylic acids is 2. The number of nitrogens with zero attached hydrogens (tertiary/aromatic N) is 2. The van der Waals surface area contributed by atoms with Crippen molar-refractivity contribution in [1.82, 2.24) is 10.2 Å². The second kappa shape index (κ2) is 16.4. The lowest BCUT2D eigenvalue weighted by Crippen LogP contribution is -2.32. The van der Waals surface area contributed by atoms with Crippen LogP contribution in [-0.4, -0.2) is 36.6 Å². The molecule has 0 bridgehead atoms. The zero-order valence-corrected chi connectivity index (χ0v) is 25.1. The second-order valence-electron chi connectivity index (χ2n) is 10.7. The first-order chi connectivity index (χ1) is 19.8. The summed E-state index contributed by atoms with van der Waals surface area (Å²) in [6.07, 6.45) is 11.5. The lowest BCUT2D eigenvalue weighted by Gasteiger charge is -2.35. The van der Waals surface area contributed by atoms with E-state index in [9.17, 15) is 9.59 Å². The molecule has 0 saturated heterocycles. The Morgan fingerprint density at radius 1 is 1.00 bits per heavy atom. The zero-order chi connectivity index (χ0) is 29.6. The van der Waals surface area contributed by atoms with Gasteiger partial charge in [0.15, 0.2) is 5.82 Å². The van der Waals surface area contributed by atoms with Crippen LogP contribution in [0.2, 0.25) is 0 Å². The average molecular weight is 556 g/mol. The Morgan fingerprint density at radius 2 is 1.63 bits per heavy atom. The first-order valence-electron chi connectivity index (χ1n) is 14.7. The minimum atomic E-state index is -0.544. The minimum absolute atomic E-state index is 0.253. The number of aryl methyl sites for hydroxylation is 3. The van der Waals surface area contributed by atoms with Crippen molar-refractivity contribution in [2.24, 2.45) is 10.9 Å². The first kappa shape index (κ1) is 31.6. The van der Waals surface area contributed by atoms with Crippen molar-refractivity contribution in [1.29, 1.82) is 0 Å². The Bertz CT molecular complexity index is 1250. The number of carbonyl (C=O) groups is 2. The largest absolute Gasteiger partial charge is 0.466 e. The number of aliphatic imine (C=N–C) groups is 1. The molecule has 2 aromatic rings. The van der Waals surface area contributed by atoms with E-state index in [4.69, 9.17) is 4.74 Å². The third-order valence-electron chi connectivity index (χ3n) is 7.45. The summed E-state index contributed by atoms with van der Waals surface area (Å²) in [5.41, 5.74) is 7.08. The first-order valence-corrected chi connectivity index (χ1v) is 14.7. The van der Waals surface area contributed by atoms with Gasteiger partial charge in [-0.05, 0) is 75.1 Å². The second-order valence-corrected chi connectivity index (χ2v) is 10.7. The Morgan fingerprint density at radius 3 is 2.24 bits per heavy atom. The maximum atomic E-state index is 12.1. The quantitative estimate of drug-likeness (QED) is 0.266. The molecule has 1 saturated carbocycles. The lowest BCUT2D eigenvalue weighted by atomic mass is 9.84. The predicted octanol–water partition coefficient (Wildman–Crippen LogP) is 7.06. The molecule has 41 heavy (non-hydrogen) atoms. The van der Waals surface area contributed by atoms with E-state index in [2.05, 4.69) is 85.3 Å². The van der Waals surface area contributed by atoms with E-state index in [1.54, 1.807) is 13.0 Å². The van der Waals surface area contributed by atoms with E-state index in [0.29, 0.717) is 17.4 Å². The molecule has 2 aliphatic rings. The standard InChI is InChI=1S/C20H29N3O3.C15H16/c1-5-16(22-17(24)12-18(25)26-6-2)20-21-13-14(3)19(23(20)4)15-10-8-7-9-11-15;1-13-7-9-15(10-8-13)12-11-14-5-3-2-4-6-14/h5,13,15H,1,6-12H2,2-4H3,(H,22,24);2-10H,11-12H2,1H3/b20-16+;. The van der Waals surface area contributed by atoms with Crippen molar-refractivity contribution in [2.75, 3.05) is 13.7 Å². The van der Waals surface area contributed by atoms with Crippen molar-refractivity contribution in [3.63, 3.8) is 0 Å². The van der Waals surface area contributed by atoms with Gasteiger partial charge in [0.1, 0.15) is 6.42 Å². The van der Waals surface area contributed by atoms with Crippen LogP contribution in [0, 0.1) is 12.8 Å². The van der Waals surface area contributed by atoms with Gasteiger partial charge in [-0.25, -0.2) is 4.99 Å². The third-order valence-corrected chi connectivity index (χ3v) is 7.45.